The van der Waals surface area contributed by atoms with E-state index in [1.54, 1.807) is 4.90 Å². The number of carbonyl (C=O) groups is 2. The van der Waals surface area contributed by atoms with E-state index in [2.05, 4.69) is 5.32 Å². The van der Waals surface area contributed by atoms with Gasteiger partial charge in [-0.1, -0.05) is 29.8 Å². The summed E-state index contributed by atoms with van der Waals surface area (Å²) in [6.45, 7) is 2.03. The minimum atomic E-state index is -0.338. The SMILES string of the molecule is O=C(NC[C@@H]1CCCO1)[C@H]1CC(=O)N(c2ccc(OCc3ccccc3Cl)cc2)C1. The average molecular weight is 429 g/mol. The molecule has 2 amide bonds. The van der Waals surface area contributed by atoms with Gasteiger partial charge in [0.1, 0.15) is 12.4 Å². The Hall–Kier alpha value is -2.57. The van der Waals surface area contributed by atoms with Gasteiger partial charge in [-0.15, -0.1) is 0 Å². The molecular weight excluding hydrogens is 404 g/mol. The van der Waals surface area contributed by atoms with Gasteiger partial charge in [-0.2, -0.15) is 0 Å². The highest BCUT2D eigenvalue weighted by Crippen LogP contribution is 2.27. The van der Waals surface area contributed by atoms with Gasteiger partial charge >= 0.3 is 0 Å². The van der Waals surface area contributed by atoms with Gasteiger partial charge in [0.15, 0.2) is 0 Å². The van der Waals surface area contributed by atoms with E-state index in [0.29, 0.717) is 30.5 Å². The summed E-state index contributed by atoms with van der Waals surface area (Å²) in [4.78, 5) is 26.6. The van der Waals surface area contributed by atoms with Gasteiger partial charge in [0.25, 0.3) is 0 Å². The summed E-state index contributed by atoms with van der Waals surface area (Å²) in [7, 11) is 0. The fraction of sp³-hybridized carbons (Fsp3) is 0.391. The Kier molecular flexibility index (Phi) is 6.55. The number of hydrogen-bond donors (Lipinski definition) is 1. The Bertz CT molecular complexity index is 896. The Morgan fingerprint density at radius 2 is 2.00 bits per heavy atom. The summed E-state index contributed by atoms with van der Waals surface area (Å²) in [6.07, 6.45) is 2.33. The quantitative estimate of drug-likeness (QED) is 0.732. The molecule has 2 heterocycles. The van der Waals surface area contributed by atoms with Crippen LogP contribution in [0.2, 0.25) is 5.02 Å². The standard InChI is InChI=1S/C23H25ClN2O4/c24-21-6-2-1-4-16(21)15-30-19-9-7-18(8-10-19)26-14-17(12-22(26)27)23(28)25-13-20-5-3-11-29-20/h1-2,4,6-10,17,20H,3,5,11-15H2,(H,25,28)/t17-,20-/m0/s1. The first-order valence-corrected chi connectivity index (χ1v) is 10.6. The minimum Gasteiger partial charge on any atom is -0.489 e. The van der Waals surface area contributed by atoms with Gasteiger partial charge in [-0.25, -0.2) is 0 Å². The van der Waals surface area contributed by atoms with Crippen LogP contribution in [0, 0.1) is 5.92 Å². The number of rotatable bonds is 7. The summed E-state index contributed by atoms with van der Waals surface area (Å²) in [6, 6.07) is 14.9. The lowest BCUT2D eigenvalue weighted by molar-refractivity contribution is -0.126. The molecule has 0 aliphatic carbocycles. The van der Waals surface area contributed by atoms with Crippen LogP contribution in [0.4, 0.5) is 5.69 Å². The Balaban J connectivity index is 1.30. The largest absolute Gasteiger partial charge is 0.489 e. The van der Waals surface area contributed by atoms with Crippen LogP contribution in [-0.4, -0.2) is 37.6 Å². The van der Waals surface area contributed by atoms with Gasteiger partial charge in [0, 0.05) is 42.4 Å². The van der Waals surface area contributed by atoms with Crippen LogP contribution in [-0.2, 0) is 20.9 Å². The van der Waals surface area contributed by atoms with Gasteiger partial charge in [0.05, 0.1) is 12.0 Å². The number of anilines is 1. The van der Waals surface area contributed by atoms with Gasteiger partial charge < -0.3 is 19.7 Å². The molecule has 2 atom stereocenters. The Labute approximate surface area is 181 Å². The van der Waals surface area contributed by atoms with Crippen molar-refractivity contribution in [3.05, 3.63) is 59.1 Å². The number of ether oxygens (including phenoxy) is 2. The van der Waals surface area contributed by atoms with Crippen molar-refractivity contribution in [3.63, 3.8) is 0 Å². The van der Waals surface area contributed by atoms with E-state index < -0.39 is 0 Å². The normalized spacial score (nSPS) is 21.1. The second-order valence-electron chi connectivity index (χ2n) is 7.66. The number of halogens is 1. The predicted molar refractivity (Wildman–Crippen MR) is 115 cm³/mol. The zero-order chi connectivity index (χ0) is 20.9. The minimum absolute atomic E-state index is 0.0444. The van der Waals surface area contributed by atoms with Crippen LogP contribution in [0.3, 0.4) is 0 Å². The Morgan fingerprint density at radius 3 is 2.73 bits per heavy atom. The first kappa shape index (κ1) is 20.7. The molecule has 2 fully saturated rings. The van der Waals surface area contributed by atoms with E-state index in [1.807, 2.05) is 48.5 Å². The molecule has 2 aliphatic heterocycles. The molecule has 158 valence electrons. The van der Waals surface area contributed by atoms with E-state index in [-0.39, 0.29) is 30.3 Å². The summed E-state index contributed by atoms with van der Waals surface area (Å²) in [5.74, 6) is 0.226. The third kappa shape index (κ3) is 4.94. The van der Waals surface area contributed by atoms with Gasteiger partial charge in [0.2, 0.25) is 11.8 Å². The maximum Gasteiger partial charge on any atom is 0.227 e. The molecular formula is C23H25ClN2O4. The number of hydrogen-bond acceptors (Lipinski definition) is 4. The van der Waals surface area contributed by atoms with E-state index in [0.717, 1.165) is 30.7 Å². The molecule has 7 heteroatoms. The number of benzene rings is 2. The number of carbonyl (C=O) groups excluding carboxylic acids is 2. The third-order valence-corrected chi connectivity index (χ3v) is 5.89. The summed E-state index contributed by atoms with van der Waals surface area (Å²) in [5.41, 5.74) is 1.68. The van der Waals surface area contributed by atoms with Crippen LogP contribution in [0.15, 0.2) is 48.5 Å². The molecule has 2 aromatic rings. The smallest absolute Gasteiger partial charge is 0.227 e. The zero-order valence-corrected chi connectivity index (χ0v) is 17.4. The van der Waals surface area contributed by atoms with Crippen LogP contribution < -0.4 is 15.0 Å². The molecule has 0 radical (unpaired) electrons. The lowest BCUT2D eigenvalue weighted by atomic mass is 10.1. The first-order valence-electron chi connectivity index (χ1n) is 10.3. The topological polar surface area (TPSA) is 67.9 Å². The fourth-order valence-electron chi connectivity index (χ4n) is 3.80. The highest BCUT2D eigenvalue weighted by molar-refractivity contribution is 6.31. The van der Waals surface area contributed by atoms with Crippen molar-refractivity contribution in [1.82, 2.24) is 5.32 Å². The molecule has 2 aromatic carbocycles. The second kappa shape index (κ2) is 9.49. The second-order valence-corrected chi connectivity index (χ2v) is 8.07. The summed E-state index contributed by atoms with van der Waals surface area (Å²) < 4.78 is 11.3. The fourth-order valence-corrected chi connectivity index (χ4v) is 3.99. The summed E-state index contributed by atoms with van der Waals surface area (Å²) >= 11 is 6.15. The molecule has 0 spiro atoms. The van der Waals surface area contributed by atoms with Gasteiger partial charge in [-0.3, -0.25) is 9.59 Å². The van der Waals surface area contributed by atoms with E-state index in [9.17, 15) is 9.59 Å². The molecule has 0 saturated carbocycles. The van der Waals surface area contributed by atoms with Crippen LogP contribution in [0.1, 0.15) is 24.8 Å². The van der Waals surface area contributed by atoms with E-state index in [4.69, 9.17) is 21.1 Å². The zero-order valence-electron chi connectivity index (χ0n) is 16.7. The highest BCUT2D eigenvalue weighted by Gasteiger charge is 2.35. The van der Waals surface area contributed by atoms with Crippen molar-refractivity contribution in [2.45, 2.75) is 32.0 Å². The molecule has 2 aliphatic rings. The van der Waals surface area contributed by atoms with Crippen LogP contribution in [0.25, 0.3) is 0 Å². The molecule has 1 N–H and O–H groups in total. The lowest BCUT2D eigenvalue weighted by Gasteiger charge is -2.18. The van der Waals surface area contributed by atoms with Crippen LogP contribution in [0.5, 0.6) is 5.75 Å². The number of nitrogens with one attached hydrogen (secondary N) is 1. The van der Waals surface area contributed by atoms with Crippen molar-refractivity contribution in [3.8, 4) is 5.75 Å². The predicted octanol–water partition coefficient (Wildman–Crippen LogP) is 3.57. The van der Waals surface area contributed by atoms with Crippen molar-refractivity contribution >= 4 is 29.1 Å². The molecule has 0 unspecified atom stereocenters. The molecule has 30 heavy (non-hydrogen) atoms. The average Bonchev–Trinajstić information content (AvgIpc) is 3.42. The molecule has 0 aromatic heterocycles. The lowest BCUT2D eigenvalue weighted by Crippen LogP contribution is -2.37. The molecule has 4 rings (SSSR count). The molecule has 2 saturated heterocycles. The van der Waals surface area contributed by atoms with Crippen molar-refractivity contribution in [2.24, 2.45) is 5.92 Å². The third-order valence-electron chi connectivity index (χ3n) is 5.52. The van der Waals surface area contributed by atoms with Crippen LogP contribution >= 0.6 is 11.6 Å². The maximum atomic E-state index is 12.5. The van der Waals surface area contributed by atoms with Crippen molar-refractivity contribution in [2.75, 3.05) is 24.6 Å². The maximum absolute atomic E-state index is 12.5. The van der Waals surface area contributed by atoms with E-state index in [1.165, 1.54) is 0 Å². The Morgan fingerprint density at radius 1 is 1.20 bits per heavy atom. The van der Waals surface area contributed by atoms with E-state index >= 15 is 0 Å². The van der Waals surface area contributed by atoms with Gasteiger partial charge in [-0.05, 0) is 43.2 Å². The molecule has 6 nitrogen and oxygen atoms in total. The highest BCUT2D eigenvalue weighted by atomic mass is 35.5. The van der Waals surface area contributed by atoms with Crippen molar-refractivity contribution in [1.29, 1.82) is 0 Å². The monoisotopic (exact) mass is 428 g/mol. The summed E-state index contributed by atoms with van der Waals surface area (Å²) in [5, 5.41) is 3.60. The first-order chi connectivity index (χ1) is 14.6. The van der Waals surface area contributed by atoms with Crippen molar-refractivity contribution < 1.29 is 19.1 Å². The molecule has 0 bridgehead atoms. The number of nitrogens with zero attached hydrogens (tertiary/aromatic N) is 1. The number of amides is 2.